The van der Waals surface area contributed by atoms with Crippen LogP contribution in [0.4, 0.5) is 5.69 Å². The monoisotopic (exact) mass is 289 g/mol. The molecule has 0 atom stereocenters. The van der Waals surface area contributed by atoms with Gasteiger partial charge in [0.05, 0.1) is 19.9 Å². The molecule has 0 aliphatic carbocycles. The van der Waals surface area contributed by atoms with Crippen molar-refractivity contribution in [1.82, 2.24) is 0 Å². The molecule has 0 fully saturated rings. The average molecular weight is 289 g/mol. The number of nitrogens with two attached hydrogens (primary N) is 1. The maximum atomic E-state index is 11.3. The highest BCUT2D eigenvalue weighted by Crippen LogP contribution is 2.42. The van der Waals surface area contributed by atoms with E-state index in [2.05, 4.69) is 0 Å². The van der Waals surface area contributed by atoms with Gasteiger partial charge in [0.1, 0.15) is 5.56 Å². The molecular formula is C15H15NO5. The van der Waals surface area contributed by atoms with E-state index >= 15 is 0 Å². The molecule has 2 aromatic rings. The smallest absolute Gasteiger partial charge is 0.339 e. The van der Waals surface area contributed by atoms with Crippen molar-refractivity contribution >= 4 is 11.7 Å². The predicted octanol–water partition coefficient (Wildman–Crippen LogP) is 2.78. The van der Waals surface area contributed by atoms with Crippen LogP contribution in [0.25, 0.3) is 0 Å². The molecule has 0 amide bonds. The number of rotatable bonds is 5. The van der Waals surface area contributed by atoms with Crippen molar-refractivity contribution in [2.24, 2.45) is 0 Å². The van der Waals surface area contributed by atoms with Crippen molar-refractivity contribution in [2.75, 3.05) is 20.0 Å². The van der Waals surface area contributed by atoms with Gasteiger partial charge in [0.25, 0.3) is 0 Å². The summed E-state index contributed by atoms with van der Waals surface area (Å²) in [5.41, 5.74) is 5.99. The minimum absolute atomic E-state index is 0.0389. The first-order valence-corrected chi connectivity index (χ1v) is 6.09. The zero-order valence-corrected chi connectivity index (χ0v) is 11.6. The van der Waals surface area contributed by atoms with E-state index in [0.29, 0.717) is 11.5 Å². The Kier molecular flexibility index (Phi) is 4.18. The minimum Gasteiger partial charge on any atom is -0.493 e. The summed E-state index contributed by atoms with van der Waals surface area (Å²) in [7, 11) is 2.96. The molecule has 0 bridgehead atoms. The molecule has 3 N–H and O–H groups in total. The minimum atomic E-state index is -1.13. The fraction of sp³-hybridized carbons (Fsp3) is 0.133. The number of hydrogen-bond donors (Lipinski definition) is 2. The van der Waals surface area contributed by atoms with Gasteiger partial charge in [-0.05, 0) is 24.3 Å². The van der Waals surface area contributed by atoms with E-state index in [1.807, 2.05) is 0 Å². The number of aromatic carboxylic acids is 1. The van der Waals surface area contributed by atoms with Gasteiger partial charge in [0, 0.05) is 0 Å². The summed E-state index contributed by atoms with van der Waals surface area (Å²) in [6.45, 7) is 0. The highest BCUT2D eigenvalue weighted by Gasteiger charge is 2.19. The van der Waals surface area contributed by atoms with Gasteiger partial charge in [-0.1, -0.05) is 12.1 Å². The first-order chi connectivity index (χ1) is 10.1. The highest BCUT2D eigenvalue weighted by atomic mass is 16.5. The summed E-state index contributed by atoms with van der Waals surface area (Å²) in [5.74, 6) is 0.00440. The topological polar surface area (TPSA) is 91.0 Å². The SMILES string of the molecule is COc1cccc(OC)c1Oc1c(N)cccc1C(=O)O. The second-order valence-electron chi connectivity index (χ2n) is 4.12. The Morgan fingerprint density at radius 1 is 1.00 bits per heavy atom. The van der Waals surface area contributed by atoms with Crippen LogP contribution >= 0.6 is 0 Å². The molecule has 0 saturated heterocycles. The van der Waals surface area contributed by atoms with E-state index in [1.165, 1.54) is 20.3 Å². The zero-order chi connectivity index (χ0) is 15.4. The molecule has 0 spiro atoms. The number of nitrogen functional groups attached to an aromatic ring is 1. The van der Waals surface area contributed by atoms with E-state index < -0.39 is 5.97 Å². The molecule has 0 saturated carbocycles. The molecule has 6 heteroatoms. The van der Waals surface area contributed by atoms with Crippen LogP contribution in [0.3, 0.4) is 0 Å². The lowest BCUT2D eigenvalue weighted by Crippen LogP contribution is -2.04. The third kappa shape index (κ3) is 2.84. The van der Waals surface area contributed by atoms with Gasteiger partial charge >= 0.3 is 5.97 Å². The lowest BCUT2D eigenvalue weighted by molar-refractivity contribution is 0.0694. The molecule has 0 unspecified atom stereocenters. The van der Waals surface area contributed by atoms with Crippen molar-refractivity contribution in [3.63, 3.8) is 0 Å². The summed E-state index contributed by atoms with van der Waals surface area (Å²) in [6, 6.07) is 9.61. The van der Waals surface area contributed by atoms with E-state index in [9.17, 15) is 9.90 Å². The highest BCUT2D eigenvalue weighted by molar-refractivity contribution is 5.93. The van der Waals surface area contributed by atoms with Gasteiger partial charge in [-0.15, -0.1) is 0 Å². The number of para-hydroxylation sites is 2. The van der Waals surface area contributed by atoms with Gasteiger partial charge in [0.15, 0.2) is 17.2 Å². The Morgan fingerprint density at radius 2 is 1.57 bits per heavy atom. The number of ether oxygens (including phenoxy) is 3. The first-order valence-electron chi connectivity index (χ1n) is 6.09. The average Bonchev–Trinajstić information content (AvgIpc) is 2.49. The van der Waals surface area contributed by atoms with E-state index in [0.717, 1.165) is 0 Å². The maximum Gasteiger partial charge on any atom is 0.339 e. The molecule has 0 radical (unpaired) electrons. The Hall–Kier alpha value is -2.89. The molecule has 21 heavy (non-hydrogen) atoms. The predicted molar refractivity (Wildman–Crippen MR) is 77.4 cm³/mol. The van der Waals surface area contributed by atoms with Crippen LogP contribution in [-0.2, 0) is 0 Å². The van der Waals surface area contributed by atoms with Gasteiger partial charge in [-0.3, -0.25) is 0 Å². The van der Waals surface area contributed by atoms with Gasteiger partial charge < -0.3 is 25.1 Å². The quantitative estimate of drug-likeness (QED) is 0.822. The first kappa shape index (κ1) is 14.5. The maximum absolute atomic E-state index is 11.3. The number of carboxylic acids is 1. The normalized spacial score (nSPS) is 10.0. The Morgan fingerprint density at radius 3 is 2.10 bits per heavy atom. The Balaban J connectivity index is 2.55. The number of anilines is 1. The molecule has 0 heterocycles. The van der Waals surface area contributed by atoms with Crippen molar-refractivity contribution in [2.45, 2.75) is 0 Å². The molecule has 0 aromatic heterocycles. The molecule has 2 aromatic carbocycles. The molecule has 0 aliphatic heterocycles. The molecule has 6 nitrogen and oxygen atoms in total. The largest absolute Gasteiger partial charge is 0.493 e. The Labute approximate surface area is 121 Å². The molecule has 110 valence electrons. The fourth-order valence-corrected chi connectivity index (χ4v) is 1.86. The van der Waals surface area contributed by atoms with Crippen molar-refractivity contribution in [3.8, 4) is 23.0 Å². The van der Waals surface area contributed by atoms with Crippen LogP contribution in [0.5, 0.6) is 23.0 Å². The third-order valence-electron chi connectivity index (χ3n) is 2.86. The third-order valence-corrected chi connectivity index (χ3v) is 2.86. The molecule has 2 rings (SSSR count). The number of methoxy groups -OCH3 is 2. The van der Waals surface area contributed by atoms with Gasteiger partial charge in [-0.25, -0.2) is 4.79 Å². The van der Waals surface area contributed by atoms with Gasteiger partial charge in [0.2, 0.25) is 5.75 Å². The van der Waals surface area contributed by atoms with Crippen LogP contribution < -0.4 is 19.9 Å². The fourth-order valence-electron chi connectivity index (χ4n) is 1.86. The Bertz CT molecular complexity index is 647. The second kappa shape index (κ2) is 6.04. The summed E-state index contributed by atoms with van der Waals surface area (Å²) < 4.78 is 16.1. The van der Waals surface area contributed by atoms with Crippen molar-refractivity contribution < 1.29 is 24.1 Å². The lowest BCUT2D eigenvalue weighted by atomic mass is 10.1. The lowest BCUT2D eigenvalue weighted by Gasteiger charge is -2.16. The van der Waals surface area contributed by atoms with Gasteiger partial charge in [-0.2, -0.15) is 0 Å². The number of carbonyl (C=O) groups is 1. The van der Waals surface area contributed by atoms with Crippen LogP contribution in [0.2, 0.25) is 0 Å². The summed E-state index contributed by atoms with van der Waals surface area (Å²) >= 11 is 0. The van der Waals surface area contributed by atoms with Crippen LogP contribution in [0.15, 0.2) is 36.4 Å². The van der Waals surface area contributed by atoms with Crippen molar-refractivity contribution in [1.29, 1.82) is 0 Å². The molecule has 0 aliphatic rings. The zero-order valence-electron chi connectivity index (χ0n) is 11.6. The van der Waals surface area contributed by atoms with E-state index in [4.69, 9.17) is 19.9 Å². The summed E-state index contributed by atoms with van der Waals surface area (Å²) in [6.07, 6.45) is 0. The second-order valence-corrected chi connectivity index (χ2v) is 4.12. The standard InChI is InChI=1S/C15H15NO5/c1-19-11-7-4-8-12(20-2)14(11)21-13-9(15(17)18)5-3-6-10(13)16/h3-8H,16H2,1-2H3,(H,17,18). The molecular weight excluding hydrogens is 274 g/mol. The van der Waals surface area contributed by atoms with E-state index in [1.54, 1.807) is 30.3 Å². The van der Waals surface area contributed by atoms with Crippen LogP contribution in [0.1, 0.15) is 10.4 Å². The number of benzene rings is 2. The van der Waals surface area contributed by atoms with Crippen LogP contribution in [-0.4, -0.2) is 25.3 Å². The van der Waals surface area contributed by atoms with Crippen LogP contribution in [0, 0.1) is 0 Å². The summed E-state index contributed by atoms with van der Waals surface area (Å²) in [4.78, 5) is 11.3. The summed E-state index contributed by atoms with van der Waals surface area (Å²) in [5, 5.41) is 9.22. The van der Waals surface area contributed by atoms with Crippen molar-refractivity contribution in [3.05, 3.63) is 42.0 Å². The number of hydrogen-bond acceptors (Lipinski definition) is 5. The number of carboxylic acid groups (broad SMARTS) is 1. The van der Waals surface area contributed by atoms with E-state index in [-0.39, 0.29) is 22.7 Å².